The first-order valence-corrected chi connectivity index (χ1v) is 15.6. The second kappa shape index (κ2) is 11.5. The van der Waals surface area contributed by atoms with E-state index in [-0.39, 0.29) is 17.6 Å². The Kier molecular flexibility index (Phi) is 8.13. The molecule has 42 heavy (non-hydrogen) atoms. The van der Waals surface area contributed by atoms with Crippen molar-refractivity contribution in [2.45, 2.75) is 57.7 Å². The zero-order chi connectivity index (χ0) is 30.2. The molecule has 0 bridgehead atoms. The number of aryl methyl sites for hydroxylation is 1. The summed E-state index contributed by atoms with van der Waals surface area (Å²) in [6, 6.07) is 10.0. The maximum Gasteiger partial charge on any atom is 0.254 e. The van der Waals surface area contributed by atoms with Gasteiger partial charge in [-0.05, 0) is 103 Å². The van der Waals surface area contributed by atoms with Gasteiger partial charge in [-0.2, -0.15) is 4.98 Å². The van der Waals surface area contributed by atoms with Gasteiger partial charge in [0, 0.05) is 35.7 Å². The molecule has 0 unspecified atom stereocenters. The van der Waals surface area contributed by atoms with Crippen LogP contribution in [-0.4, -0.2) is 66.7 Å². The fraction of sp³-hybridized carbons (Fsp3) is 0.433. The van der Waals surface area contributed by atoms with E-state index in [9.17, 15) is 17.6 Å². The van der Waals surface area contributed by atoms with Crippen molar-refractivity contribution in [1.29, 1.82) is 0 Å². The molecule has 1 aromatic heterocycles. The molecule has 2 aromatic carbocycles. The van der Waals surface area contributed by atoms with Crippen molar-refractivity contribution in [2.75, 3.05) is 41.6 Å². The Bertz CT molecular complexity index is 1600. The number of rotatable bonds is 7. The largest absolute Gasteiger partial charge is 0.349 e. The van der Waals surface area contributed by atoms with Gasteiger partial charge in [0.05, 0.1) is 16.0 Å². The number of piperidine rings is 1. The Balaban J connectivity index is 1.29. The van der Waals surface area contributed by atoms with Gasteiger partial charge >= 0.3 is 0 Å². The smallest absolute Gasteiger partial charge is 0.254 e. The molecule has 3 heterocycles. The van der Waals surface area contributed by atoms with Crippen molar-refractivity contribution >= 4 is 44.8 Å². The predicted molar refractivity (Wildman–Crippen MR) is 164 cm³/mol. The van der Waals surface area contributed by atoms with Crippen molar-refractivity contribution in [1.82, 2.24) is 20.2 Å². The number of aromatic nitrogens is 2. The topological polar surface area (TPSA) is 120 Å². The number of hydrogen-bond donors (Lipinski definition) is 3. The van der Waals surface area contributed by atoms with Crippen LogP contribution in [0.5, 0.6) is 0 Å². The minimum atomic E-state index is -3.54. The van der Waals surface area contributed by atoms with Gasteiger partial charge in [0.2, 0.25) is 16.0 Å². The van der Waals surface area contributed by atoms with Crippen LogP contribution in [-0.2, 0) is 16.4 Å². The van der Waals surface area contributed by atoms with Gasteiger partial charge in [-0.1, -0.05) is 6.07 Å². The van der Waals surface area contributed by atoms with Crippen LogP contribution in [0.1, 0.15) is 55.1 Å². The average molecular weight is 596 g/mol. The molecular weight excluding hydrogens is 557 g/mol. The Morgan fingerprint density at radius 1 is 1.02 bits per heavy atom. The monoisotopic (exact) mass is 595 g/mol. The van der Waals surface area contributed by atoms with Gasteiger partial charge in [0.1, 0.15) is 11.6 Å². The van der Waals surface area contributed by atoms with E-state index in [1.165, 1.54) is 16.4 Å². The molecule has 12 heteroatoms. The molecule has 10 nitrogen and oxygen atoms in total. The van der Waals surface area contributed by atoms with E-state index < -0.39 is 26.5 Å². The maximum atomic E-state index is 14.9. The first kappa shape index (κ1) is 29.7. The fourth-order valence-electron chi connectivity index (χ4n) is 5.10. The Morgan fingerprint density at radius 2 is 1.71 bits per heavy atom. The standard InChI is InChI=1S/C30H38FN7O3S/c1-19-18-32-29(35-22-8-9-24(25(31)16-22)28(39)34-21-11-13-37(5)14-12-21)36-27(19)33-23-7-6-20-10-15-38(26(20)17-23)42(40,41)30(2,3)4/h6-9,16-18,21H,10-15H2,1-5H3,(H,34,39)(H2,32,33,35,36). The van der Waals surface area contributed by atoms with Crippen LogP contribution in [0.25, 0.3) is 0 Å². The highest BCUT2D eigenvalue weighted by Gasteiger charge is 2.38. The van der Waals surface area contributed by atoms with E-state index in [2.05, 4.69) is 30.8 Å². The van der Waals surface area contributed by atoms with Crippen LogP contribution >= 0.6 is 0 Å². The molecule has 1 fully saturated rings. The number of nitrogens with zero attached hydrogens (tertiary/aromatic N) is 4. The van der Waals surface area contributed by atoms with Crippen LogP contribution in [0.3, 0.4) is 0 Å². The van der Waals surface area contributed by atoms with E-state index in [0.717, 1.165) is 37.1 Å². The lowest BCUT2D eigenvalue weighted by Crippen LogP contribution is -2.43. The molecular formula is C30H38FN7O3S. The number of benzene rings is 2. The zero-order valence-corrected chi connectivity index (χ0v) is 25.5. The van der Waals surface area contributed by atoms with E-state index in [0.29, 0.717) is 35.8 Å². The summed E-state index contributed by atoms with van der Waals surface area (Å²) in [6.07, 6.45) is 3.97. The predicted octanol–water partition coefficient (Wildman–Crippen LogP) is 4.73. The van der Waals surface area contributed by atoms with Crippen molar-refractivity contribution in [3.63, 3.8) is 0 Å². The van der Waals surface area contributed by atoms with Crippen molar-refractivity contribution in [3.05, 3.63) is 65.1 Å². The normalized spacial score (nSPS) is 16.3. The molecule has 0 atom stereocenters. The molecule has 2 aliphatic rings. The zero-order valence-electron chi connectivity index (χ0n) is 24.7. The third-order valence-electron chi connectivity index (χ3n) is 7.76. The molecule has 1 saturated heterocycles. The summed E-state index contributed by atoms with van der Waals surface area (Å²) < 4.78 is 41.8. The number of carbonyl (C=O) groups is 1. The number of fused-ring (bicyclic) bond motifs is 1. The van der Waals surface area contributed by atoms with E-state index in [1.807, 2.05) is 32.2 Å². The van der Waals surface area contributed by atoms with E-state index in [4.69, 9.17) is 0 Å². The highest BCUT2D eigenvalue weighted by Crippen LogP contribution is 2.37. The lowest BCUT2D eigenvalue weighted by molar-refractivity contribution is 0.0913. The Labute approximate surface area is 246 Å². The van der Waals surface area contributed by atoms with Gasteiger partial charge < -0.3 is 20.9 Å². The maximum absolute atomic E-state index is 14.9. The number of halogens is 1. The quantitative estimate of drug-likeness (QED) is 0.359. The van der Waals surface area contributed by atoms with Crippen molar-refractivity contribution in [3.8, 4) is 0 Å². The van der Waals surface area contributed by atoms with Gasteiger partial charge in [-0.3, -0.25) is 9.10 Å². The molecule has 224 valence electrons. The van der Waals surface area contributed by atoms with Crippen LogP contribution in [0.15, 0.2) is 42.6 Å². The van der Waals surface area contributed by atoms with Crippen molar-refractivity contribution < 1.29 is 17.6 Å². The minimum Gasteiger partial charge on any atom is -0.349 e. The van der Waals surface area contributed by atoms with Gasteiger partial charge in [-0.25, -0.2) is 17.8 Å². The van der Waals surface area contributed by atoms with Crippen LogP contribution in [0.4, 0.5) is 33.2 Å². The summed E-state index contributed by atoms with van der Waals surface area (Å²) in [6.45, 7) is 9.16. The Hall–Kier alpha value is -3.77. The van der Waals surface area contributed by atoms with Gasteiger partial charge in [0.25, 0.3) is 5.91 Å². The molecule has 0 spiro atoms. The first-order valence-electron chi connectivity index (χ1n) is 14.1. The molecule has 0 aliphatic carbocycles. The first-order chi connectivity index (χ1) is 19.8. The summed E-state index contributed by atoms with van der Waals surface area (Å²) in [4.78, 5) is 23.8. The number of hydrogen-bond acceptors (Lipinski definition) is 8. The van der Waals surface area contributed by atoms with Crippen LogP contribution < -0.4 is 20.3 Å². The Morgan fingerprint density at radius 3 is 2.40 bits per heavy atom. The number of amides is 1. The fourth-order valence-corrected chi connectivity index (χ4v) is 6.52. The summed E-state index contributed by atoms with van der Waals surface area (Å²) in [7, 11) is -1.49. The SMILES string of the molecule is Cc1cnc(Nc2ccc(C(=O)NC3CCN(C)CC3)c(F)c2)nc1Nc1ccc2c(c1)N(S(=O)(=O)C(C)(C)C)CC2. The van der Waals surface area contributed by atoms with E-state index >= 15 is 0 Å². The molecule has 2 aliphatic heterocycles. The minimum absolute atomic E-state index is 0.00853. The molecule has 5 rings (SSSR count). The summed E-state index contributed by atoms with van der Waals surface area (Å²) in [5, 5.41) is 9.22. The molecule has 1 amide bonds. The third-order valence-corrected chi connectivity index (χ3v) is 10.3. The number of carbonyl (C=O) groups excluding carboxylic acids is 1. The molecule has 3 N–H and O–H groups in total. The molecule has 0 radical (unpaired) electrons. The van der Waals surface area contributed by atoms with E-state index in [1.54, 1.807) is 33.0 Å². The summed E-state index contributed by atoms with van der Waals surface area (Å²) >= 11 is 0. The average Bonchev–Trinajstić information content (AvgIpc) is 3.35. The summed E-state index contributed by atoms with van der Waals surface area (Å²) in [5.41, 5.74) is 3.48. The highest BCUT2D eigenvalue weighted by atomic mass is 32.2. The van der Waals surface area contributed by atoms with Crippen LogP contribution in [0.2, 0.25) is 0 Å². The third kappa shape index (κ3) is 6.19. The lowest BCUT2D eigenvalue weighted by Gasteiger charge is -2.29. The number of nitrogens with one attached hydrogen (secondary N) is 3. The molecule has 3 aromatic rings. The lowest BCUT2D eigenvalue weighted by atomic mass is 10.0. The number of likely N-dealkylation sites (tertiary alicyclic amines) is 1. The second-order valence-corrected chi connectivity index (χ2v) is 14.6. The highest BCUT2D eigenvalue weighted by molar-refractivity contribution is 7.94. The number of anilines is 5. The number of sulfonamides is 1. The summed E-state index contributed by atoms with van der Waals surface area (Å²) in [5.74, 6) is -0.298. The van der Waals surface area contributed by atoms with Crippen LogP contribution in [0, 0.1) is 12.7 Å². The molecule has 0 saturated carbocycles. The van der Waals surface area contributed by atoms with Gasteiger partial charge in [0.15, 0.2) is 0 Å². The van der Waals surface area contributed by atoms with Crippen molar-refractivity contribution in [2.24, 2.45) is 0 Å². The van der Waals surface area contributed by atoms with Gasteiger partial charge in [-0.15, -0.1) is 0 Å². The second-order valence-electron chi connectivity index (χ2n) is 12.0.